The summed E-state index contributed by atoms with van der Waals surface area (Å²) >= 11 is 0. The van der Waals surface area contributed by atoms with Gasteiger partial charge in [0.05, 0.1) is 12.8 Å². The summed E-state index contributed by atoms with van der Waals surface area (Å²) in [5.74, 6) is 1.44. The van der Waals surface area contributed by atoms with Gasteiger partial charge in [-0.05, 0) is 26.3 Å². The molecule has 2 aliphatic heterocycles. The Morgan fingerprint density at radius 2 is 1.92 bits per heavy atom. The number of piperazine rings is 1. The van der Waals surface area contributed by atoms with Crippen molar-refractivity contribution in [2.24, 2.45) is 0 Å². The maximum Gasteiger partial charge on any atom is 0.409 e. The molecule has 0 bridgehead atoms. The number of ether oxygens (including phenoxy) is 1. The largest absolute Gasteiger partial charge is 0.450 e. The number of nitrogens with zero attached hydrogens (tertiary/aromatic N) is 6. The number of anilines is 2. The summed E-state index contributed by atoms with van der Waals surface area (Å²) in [5, 5.41) is 11.8. The molecule has 0 aliphatic carbocycles. The third-order valence-corrected chi connectivity index (χ3v) is 5.02. The summed E-state index contributed by atoms with van der Waals surface area (Å²) in [5.41, 5.74) is 0. The molecule has 0 radical (unpaired) electrons. The van der Waals surface area contributed by atoms with Gasteiger partial charge in [0.15, 0.2) is 5.82 Å². The fraction of sp³-hybridized carbons (Fsp3) is 0.765. The van der Waals surface area contributed by atoms with Crippen LogP contribution in [0.1, 0.15) is 26.7 Å². The summed E-state index contributed by atoms with van der Waals surface area (Å²) in [7, 11) is 0. The molecule has 1 aromatic heterocycles. The molecule has 9 heteroatoms. The Morgan fingerprint density at radius 3 is 2.58 bits per heavy atom. The number of likely N-dealkylation sites (tertiary alicyclic amines) is 1. The van der Waals surface area contributed by atoms with E-state index >= 15 is 0 Å². The van der Waals surface area contributed by atoms with Gasteiger partial charge < -0.3 is 24.8 Å². The van der Waals surface area contributed by atoms with Crippen LogP contribution in [0.5, 0.6) is 0 Å². The fourth-order valence-electron chi connectivity index (χ4n) is 3.39. The van der Waals surface area contributed by atoms with Gasteiger partial charge in [-0.3, -0.25) is 0 Å². The average Bonchev–Trinajstić information content (AvgIpc) is 2.69. The van der Waals surface area contributed by atoms with Crippen LogP contribution in [0, 0.1) is 0 Å². The smallest absolute Gasteiger partial charge is 0.409 e. The van der Waals surface area contributed by atoms with Crippen LogP contribution < -0.4 is 10.2 Å². The lowest BCUT2D eigenvalue weighted by Crippen LogP contribution is -2.47. The number of nitrogens with one attached hydrogen (secondary N) is 1. The van der Waals surface area contributed by atoms with Gasteiger partial charge >= 0.3 is 6.09 Å². The van der Waals surface area contributed by atoms with Gasteiger partial charge in [-0.2, -0.15) is 10.1 Å². The first-order valence-electron chi connectivity index (χ1n) is 9.54. The molecule has 0 atom stereocenters. The second-order valence-electron chi connectivity index (χ2n) is 6.67. The first-order chi connectivity index (χ1) is 12.7. The van der Waals surface area contributed by atoms with E-state index in [1.165, 1.54) is 0 Å². The summed E-state index contributed by atoms with van der Waals surface area (Å²) < 4.78 is 5.06. The fourth-order valence-corrected chi connectivity index (χ4v) is 3.39. The highest BCUT2D eigenvalue weighted by atomic mass is 16.6. The first kappa shape index (κ1) is 18.6. The Labute approximate surface area is 154 Å². The van der Waals surface area contributed by atoms with Crippen LogP contribution in [0.25, 0.3) is 0 Å². The molecular weight excluding hydrogens is 334 g/mol. The first-order valence-corrected chi connectivity index (χ1v) is 9.54. The number of rotatable bonds is 5. The molecule has 0 aromatic carbocycles. The molecule has 3 heterocycles. The van der Waals surface area contributed by atoms with Gasteiger partial charge in [0.2, 0.25) is 5.95 Å². The van der Waals surface area contributed by atoms with E-state index < -0.39 is 0 Å². The SMILES string of the molecule is CCOC(=O)N1CCC(Nc2cnnc(N3CCN(CC)CC3)n2)CC1. The Balaban J connectivity index is 1.51. The molecule has 1 N–H and O–H groups in total. The van der Waals surface area contributed by atoms with Gasteiger partial charge in [0.25, 0.3) is 0 Å². The maximum atomic E-state index is 11.8. The van der Waals surface area contributed by atoms with Crippen molar-refractivity contribution in [2.75, 3.05) is 62.6 Å². The molecule has 3 rings (SSSR count). The van der Waals surface area contributed by atoms with Crippen molar-refractivity contribution >= 4 is 17.9 Å². The molecule has 144 valence electrons. The highest BCUT2D eigenvalue weighted by Gasteiger charge is 2.24. The number of likely N-dealkylation sites (N-methyl/N-ethyl adjacent to an activating group) is 1. The highest BCUT2D eigenvalue weighted by molar-refractivity contribution is 5.67. The van der Waals surface area contributed by atoms with E-state index in [9.17, 15) is 4.79 Å². The van der Waals surface area contributed by atoms with Crippen LogP contribution in [0.4, 0.5) is 16.6 Å². The van der Waals surface area contributed by atoms with Crippen molar-refractivity contribution in [3.8, 4) is 0 Å². The van der Waals surface area contributed by atoms with E-state index in [4.69, 9.17) is 4.74 Å². The second kappa shape index (κ2) is 8.98. The maximum absolute atomic E-state index is 11.8. The normalized spacial score (nSPS) is 19.5. The minimum absolute atomic E-state index is 0.219. The van der Waals surface area contributed by atoms with Crippen molar-refractivity contribution in [1.82, 2.24) is 25.0 Å². The van der Waals surface area contributed by atoms with Crippen molar-refractivity contribution in [2.45, 2.75) is 32.7 Å². The van der Waals surface area contributed by atoms with Gasteiger partial charge in [-0.15, -0.1) is 5.10 Å². The third-order valence-electron chi connectivity index (χ3n) is 5.02. The molecule has 2 fully saturated rings. The second-order valence-corrected chi connectivity index (χ2v) is 6.67. The minimum atomic E-state index is -0.219. The van der Waals surface area contributed by atoms with Crippen molar-refractivity contribution in [3.05, 3.63) is 6.20 Å². The summed E-state index contributed by atoms with van der Waals surface area (Å²) in [6, 6.07) is 0.280. The topological polar surface area (TPSA) is 86.7 Å². The predicted molar refractivity (Wildman–Crippen MR) is 99.4 cm³/mol. The highest BCUT2D eigenvalue weighted by Crippen LogP contribution is 2.17. The van der Waals surface area contributed by atoms with Crippen molar-refractivity contribution in [3.63, 3.8) is 0 Å². The number of aromatic nitrogens is 3. The van der Waals surface area contributed by atoms with Gasteiger partial charge in [0, 0.05) is 45.3 Å². The molecule has 1 aromatic rings. The van der Waals surface area contributed by atoms with Crippen LogP contribution in [-0.2, 0) is 4.74 Å². The van der Waals surface area contributed by atoms with Gasteiger partial charge in [-0.25, -0.2) is 4.79 Å². The van der Waals surface area contributed by atoms with E-state index in [1.54, 1.807) is 11.1 Å². The lowest BCUT2D eigenvalue weighted by molar-refractivity contribution is 0.0983. The number of hydrogen-bond acceptors (Lipinski definition) is 8. The zero-order chi connectivity index (χ0) is 18.4. The van der Waals surface area contributed by atoms with Crippen LogP contribution in [0.3, 0.4) is 0 Å². The molecule has 1 amide bonds. The molecule has 0 unspecified atom stereocenters. The molecule has 9 nitrogen and oxygen atoms in total. The minimum Gasteiger partial charge on any atom is -0.450 e. The Bertz CT molecular complexity index is 584. The third kappa shape index (κ3) is 4.72. The zero-order valence-corrected chi connectivity index (χ0v) is 15.7. The van der Waals surface area contributed by atoms with Crippen molar-refractivity contribution < 1.29 is 9.53 Å². The number of carbonyl (C=O) groups excluding carboxylic acids is 1. The lowest BCUT2D eigenvalue weighted by Gasteiger charge is -2.34. The van der Waals surface area contributed by atoms with Crippen LogP contribution in [0.2, 0.25) is 0 Å². The zero-order valence-electron chi connectivity index (χ0n) is 15.7. The van der Waals surface area contributed by atoms with Gasteiger partial charge in [-0.1, -0.05) is 6.92 Å². The quantitative estimate of drug-likeness (QED) is 0.831. The number of carbonyl (C=O) groups is 1. The standard InChI is InChI=1S/C17H29N7O2/c1-3-22-9-11-23(12-10-22)16-20-15(13-18-21-16)19-14-5-7-24(8-6-14)17(25)26-4-2/h13-14H,3-12H2,1-2H3,(H,19,20,21). The Hall–Kier alpha value is -2.16. The number of hydrogen-bond donors (Lipinski definition) is 1. The van der Waals surface area contributed by atoms with Crippen LogP contribution >= 0.6 is 0 Å². The van der Waals surface area contributed by atoms with Crippen LogP contribution in [-0.4, -0.2) is 89.5 Å². The summed E-state index contributed by atoms with van der Waals surface area (Å²) in [4.78, 5) is 22.8. The number of amides is 1. The van der Waals surface area contributed by atoms with E-state index in [-0.39, 0.29) is 12.1 Å². The molecule has 0 spiro atoms. The molecule has 2 aliphatic rings. The molecule has 2 saturated heterocycles. The predicted octanol–water partition coefficient (Wildman–Crippen LogP) is 1.05. The lowest BCUT2D eigenvalue weighted by atomic mass is 10.1. The summed E-state index contributed by atoms with van der Waals surface area (Å²) in [6.07, 6.45) is 3.19. The van der Waals surface area contributed by atoms with E-state index in [2.05, 4.69) is 37.2 Å². The molecule has 0 saturated carbocycles. The van der Waals surface area contributed by atoms with Crippen molar-refractivity contribution in [1.29, 1.82) is 0 Å². The number of piperidine rings is 1. The monoisotopic (exact) mass is 363 g/mol. The van der Waals surface area contributed by atoms with E-state index in [0.29, 0.717) is 25.6 Å². The van der Waals surface area contributed by atoms with Gasteiger partial charge in [0.1, 0.15) is 0 Å². The van der Waals surface area contributed by atoms with E-state index in [1.807, 2.05) is 6.92 Å². The Kier molecular flexibility index (Phi) is 6.43. The van der Waals surface area contributed by atoms with E-state index in [0.717, 1.165) is 51.4 Å². The Morgan fingerprint density at radius 1 is 1.19 bits per heavy atom. The molecular formula is C17H29N7O2. The molecule has 26 heavy (non-hydrogen) atoms. The summed E-state index contributed by atoms with van der Waals surface area (Å²) in [6.45, 7) is 10.8. The van der Waals surface area contributed by atoms with Crippen LogP contribution in [0.15, 0.2) is 6.20 Å². The average molecular weight is 363 g/mol.